The van der Waals surface area contributed by atoms with E-state index >= 15 is 0 Å². The molecule has 0 bridgehead atoms. The van der Waals surface area contributed by atoms with Crippen LogP contribution < -0.4 is 5.32 Å². The summed E-state index contributed by atoms with van der Waals surface area (Å²) in [4.78, 5) is 14.8. The van der Waals surface area contributed by atoms with Gasteiger partial charge in [0, 0.05) is 34.7 Å². The van der Waals surface area contributed by atoms with Crippen molar-refractivity contribution in [2.24, 2.45) is 0 Å². The van der Waals surface area contributed by atoms with Gasteiger partial charge in [-0.25, -0.2) is 4.98 Å². The van der Waals surface area contributed by atoms with Crippen LogP contribution in [0.3, 0.4) is 0 Å². The smallest absolute Gasteiger partial charge is 0.270 e. The van der Waals surface area contributed by atoms with Crippen LogP contribution in [-0.4, -0.2) is 9.91 Å². The topological polar surface area (TPSA) is 68.1 Å². The molecule has 1 aromatic heterocycles. The van der Waals surface area contributed by atoms with E-state index in [1.54, 1.807) is 23.6 Å². The highest BCUT2D eigenvalue weighted by atomic mass is 79.9. The molecule has 106 valence electrons. The fourth-order valence-corrected chi connectivity index (χ4v) is 3.22. The van der Waals surface area contributed by atoms with E-state index in [4.69, 9.17) is 0 Å². The number of nitrogens with zero attached hydrogens (tertiary/aromatic N) is 2. The van der Waals surface area contributed by atoms with Crippen molar-refractivity contribution in [3.8, 4) is 0 Å². The lowest BCUT2D eigenvalue weighted by molar-refractivity contribution is -0.385. The molecule has 0 saturated heterocycles. The Labute approximate surface area is 129 Å². The molecule has 0 radical (unpaired) electrons. The van der Waals surface area contributed by atoms with Crippen LogP contribution >= 0.6 is 27.3 Å². The highest BCUT2D eigenvalue weighted by Gasteiger charge is 2.13. The van der Waals surface area contributed by atoms with Crippen molar-refractivity contribution >= 4 is 33.0 Å². The van der Waals surface area contributed by atoms with E-state index in [2.05, 4.69) is 33.2 Å². The van der Waals surface area contributed by atoms with Gasteiger partial charge in [-0.3, -0.25) is 10.1 Å². The summed E-state index contributed by atoms with van der Waals surface area (Å²) in [5.41, 5.74) is 0.972. The summed E-state index contributed by atoms with van der Waals surface area (Å²) in [6, 6.07) is 5.15. The average Bonchev–Trinajstić information content (AvgIpc) is 2.93. The predicted molar refractivity (Wildman–Crippen MR) is 82.8 cm³/mol. The normalized spacial score (nSPS) is 12.3. The molecule has 0 aliphatic carbocycles. The van der Waals surface area contributed by atoms with Crippen molar-refractivity contribution in [1.82, 2.24) is 10.3 Å². The summed E-state index contributed by atoms with van der Waals surface area (Å²) in [6.45, 7) is 2.65. The van der Waals surface area contributed by atoms with Crippen LogP contribution in [0.4, 0.5) is 5.69 Å². The number of hydrogen-bond donors (Lipinski definition) is 1. The Hall–Kier alpha value is -1.31. The van der Waals surface area contributed by atoms with E-state index in [0.29, 0.717) is 11.0 Å². The van der Waals surface area contributed by atoms with E-state index < -0.39 is 0 Å². The number of nitro groups is 1. The van der Waals surface area contributed by atoms with Gasteiger partial charge in [0.25, 0.3) is 5.69 Å². The third-order valence-corrected chi connectivity index (χ3v) is 4.21. The number of benzene rings is 1. The zero-order valence-electron chi connectivity index (χ0n) is 10.9. The number of hydrogen-bond acceptors (Lipinski definition) is 5. The van der Waals surface area contributed by atoms with Crippen molar-refractivity contribution in [2.75, 3.05) is 0 Å². The van der Waals surface area contributed by atoms with Gasteiger partial charge < -0.3 is 5.32 Å². The maximum Gasteiger partial charge on any atom is 0.270 e. The van der Waals surface area contributed by atoms with Crippen LogP contribution in [-0.2, 0) is 6.54 Å². The molecule has 1 N–H and O–H groups in total. The molecule has 0 amide bonds. The first kappa shape index (κ1) is 15.1. The van der Waals surface area contributed by atoms with Crippen molar-refractivity contribution in [1.29, 1.82) is 0 Å². The van der Waals surface area contributed by atoms with Crippen LogP contribution in [0.1, 0.15) is 30.0 Å². The minimum atomic E-state index is -0.383. The molecule has 0 aliphatic rings. The molecule has 5 nitrogen and oxygen atoms in total. The fourth-order valence-electron chi connectivity index (χ4n) is 1.89. The van der Waals surface area contributed by atoms with Gasteiger partial charge in [0.15, 0.2) is 0 Å². The summed E-state index contributed by atoms with van der Waals surface area (Å²) in [7, 11) is 0. The van der Waals surface area contributed by atoms with Crippen LogP contribution in [0.5, 0.6) is 0 Å². The minimum Gasteiger partial charge on any atom is -0.304 e. The van der Waals surface area contributed by atoms with E-state index in [1.807, 2.05) is 11.4 Å². The van der Waals surface area contributed by atoms with E-state index in [9.17, 15) is 10.1 Å². The molecule has 2 aromatic rings. The van der Waals surface area contributed by atoms with Crippen LogP contribution in [0.15, 0.2) is 34.2 Å². The first-order valence-electron chi connectivity index (χ1n) is 6.16. The first-order valence-corrected chi connectivity index (χ1v) is 7.84. The molecule has 2 rings (SSSR count). The SMILES string of the molecule is CCC(NCc1cc(Br)cc([N+](=O)[O-])c1)c1nccs1. The Morgan fingerprint density at radius 3 is 2.90 bits per heavy atom. The third-order valence-electron chi connectivity index (χ3n) is 2.86. The van der Waals surface area contributed by atoms with Crippen LogP contribution in [0.25, 0.3) is 0 Å². The van der Waals surface area contributed by atoms with E-state index in [0.717, 1.165) is 17.0 Å². The van der Waals surface area contributed by atoms with E-state index in [1.165, 1.54) is 6.07 Å². The van der Waals surface area contributed by atoms with Crippen LogP contribution in [0, 0.1) is 10.1 Å². The molecule has 1 heterocycles. The number of rotatable bonds is 6. The van der Waals surface area contributed by atoms with Crippen molar-refractivity contribution in [3.05, 3.63) is 54.9 Å². The van der Waals surface area contributed by atoms with Gasteiger partial charge in [0.2, 0.25) is 0 Å². The number of nitrogens with one attached hydrogen (secondary N) is 1. The fraction of sp³-hybridized carbons (Fsp3) is 0.308. The monoisotopic (exact) mass is 355 g/mol. The molecule has 7 heteroatoms. The predicted octanol–water partition coefficient (Wildman–Crippen LogP) is 4.05. The first-order chi connectivity index (χ1) is 9.60. The summed E-state index contributed by atoms with van der Waals surface area (Å²) in [5, 5.41) is 17.2. The summed E-state index contributed by atoms with van der Waals surface area (Å²) >= 11 is 4.91. The number of nitro benzene ring substituents is 1. The molecule has 20 heavy (non-hydrogen) atoms. The summed E-state index contributed by atoms with van der Waals surface area (Å²) in [5.74, 6) is 0. The quantitative estimate of drug-likeness (QED) is 0.626. The molecular weight excluding hydrogens is 342 g/mol. The zero-order valence-corrected chi connectivity index (χ0v) is 13.3. The molecular formula is C13H14BrN3O2S. The van der Waals surface area contributed by atoms with Gasteiger partial charge in [-0.05, 0) is 18.1 Å². The molecule has 1 atom stereocenters. The molecule has 0 spiro atoms. The van der Waals surface area contributed by atoms with Gasteiger partial charge in [0.05, 0.1) is 11.0 Å². The third kappa shape index (κ3) is 3.84. The lowest BCUT2D eigenvalue weighted by atomic mass is 10.1. The maximum atomic E-state index is 10.8. The average molecular weight is 356 g/mol. The number of halogens is 1. The van der Waals surface area contributed by atoms with Crippen molar-refractivity contribution < 1.29 is 4.92 Å². The number of non-ortho nitro benzene ring substituents is 1. The molecule has 0 saturated carbocycles. The molecule has 1 unspecified atom stereocenters. The lowest BCUT2D eigenvalue weighted by Gasteiger charge is -2.14. The Kier molecular flexibility index (Phi) is 5.22. The molecule has 1 aromatic carbocycles. The number of thiazole rings is 1. The lowest BCUT2D eigenvalue weighted by Crippen LogP contribution is -2.20. The van der Waals surface area contributed by atoms with Gasteiger partial charge in [-0.15, -0.1) is 11.3 Å². The Morgan fingerprint density at radius 1 is 1.50 bits per heavy atom. The highest BCUT2D eigenvalue weighted by molar-refractivity contribution is 9.10. The van der Waals surface area contributed by atoms with Gasteiger partial charge in [0.1, 0.15) is 5.01 Å². The summed E-state index contributed by atoms with van der Waals surface area (Å²) < 4.78 is 0.714. The van der Waals surface area contributed by atoms with Gasteiger partial charge in [-0.1, -0.05) is 22.9 Å². The summed E-state index contributed by atoms with van der Waals surface area (Å²) in [6.07, 6.45) is 2.71. The second kappa shape index (κ2) is 6.92. The van der Waals surface area contributed by atoms with Crippen molar-refractivity contribution in [2.45, 2.75) is 25.9 Å². The molecule has 0 aliphatic heterocycles. The Balaban J connectivity index is 2.08. The minimum absolute atomic E-state index is 0.0958. The van der Waals surface area contributed by atoms with Crippen molar-refractivity contribution in [3.63, 3.8) is 0 Å². The van der Waals surface area contributed by atoms with Gasteiger partial charge >= 0.3 is 0 Å². The van der Waals surface area contributed by atoms with Crippen LogP contribution in [0.2, 0.25) is 0 Å². The Bertz CT molecular complexity index is 589. The second-order valence-corrected chi connectivity index (χ2v) is 6.13. The number of aromatic nitrogens is 1. The zero-order chi connectivity index (χ0) is 14.5. The maximum absolute atomic E-state index is 10.8. The highest BCUT2D eigenvalue weighted by Crippen LogP contribution is 2.23. The largest absolute Gasteiger partial charge is 0.304 e. The van der Waals surface area contributed by atoms with E-state index in [-0.39, 0.29) is 16.7 Å². The standard InChI is InChI=1S/C13H14BrN3O2S/c1-2-12(13-15-3-4-20-13)16-8-9-5-10(14)7-11(6-9)17(18)19/h3-7,12,16H,2,8H2,1H3. The molecule has 0 fully saturated rings. The second-order valence-electron chi connectivity index (χ2n) is 4.29. The van der Waals surface area contributed by atoms with Gasteiger partial charge in [-0.2, -0.15) is 0 Å². The Morgan fingerprint density at radius 2 is 2.30 bits per heavy atom.